The maximum absolute atomic E-state index is 12.0. The average Bonchev–Trinajstić information content (AvgIpc) is 2.49. The molecule has 1 N–H and O–H groups in total. The Kier molecular flexibility index (Phi) is 8.46. The summed E-state index contributed by atoms with van der Waals surface area (Å²) in [6.45, 7) is 9.91. The molecule has 1 rings (SSSR count). The highest BCUT2D eigenvalue weighted by Gasteiger charge is 2.21. The van der Waals surface area contributed by atoms with Crippen molar-refractivity contribution >= 4 is 12.1 Å². The fraction of sp³-hybridized carbons (Fsp3) is 0.600. The first-order chi connectivity index (χ1) is 11.7. The zero-order valence-corrected chi connectivity index (χ0v) is 16.0. The Bertz CT molecular complexity index is 534. The van der Waals surface area contributed by atoms with Crippen LogP contribution in [0.15, 0.2) is 30.3 Å². The number of carbonyl (C=O) groups excluding carboxylic acids is 2. The van der Waals surface area contributed by atoms with E-state index in [1.807, 2.05) is 51.1 Å². The third-order valence-corrected chi connectivity index (χ3v) is 3.42. The lowest BCUT2D eigenvalue weighted by Gasteiger charge is -2.24. The standard InChI is InChI=1S/C20H31NO4/c1-15(2)13-17(21-19(23)25-20(3,4)5)11-12-18(22)24-14-16-9-7-6-8-10-16/h6-10,15,17H,11-14H2,1-5H3,(H,21,23)/t17-/m1/s1. The van der Waals surface area contributed by atoms with Crippen molar-refractivity contribution in [2.75, 3.05) is 0 Å². The van der Waals surface area contributed by atoms with Crippen molar-refractivity contribution < 1.29 is 19.1 Å². The van der Waals surface area contributed by atoms with Gasteiger partial charge in [0, 0.05) is 12.5 Å². The monoisotopic (exact) mass is 349 g/mol. The molecule has 25 heavy (non-hydrogen) atoms. The molecular formula is C20H31NO4. The van der Waals surface area contributed by atoms with Gasteiger partial charge in [-0.3, -0.25) is 4.79 Å². The molecular weight excluding hydrogens is 318 g/mol. The predicted molar refractivity (Wildman–Crippen MR) is 98.1 cm³/mol. The molecule has 5 nitrogen and oxygen atoms in total. The van der Waals surface area contributed by atoms with Crippen molar-refractivity contribution in [2.45, 2.75) is 72.1 Å². The van der Waals surface area contributed by atoms with Crippen molar-refractivity contribution in [2.24, 2.45) is 5.92 Å². The predicted octanol–water partition coefficient (Wildman–Crippen LogP) is 4.45. The Morgan fingerprint density at radius 1 is 1.12 bits per heavy atom. The van der Waals surface area contributed by atoms with Crippen molar-refractivity contribution in [3.8, 4) is 0 Å². The van der Waals surface area contributed by atoms with Gasteiger partial charge in [-0.2, -0.15) is 0 Å². The van der Waals surface area contributed by atoms with Crippen LogP contribution < -0.4 is 5.32 Å². The Morgan fingerprint density at radius 2 is 1.76 bits per heavy atom. The minimum Gasteiger partial charge on any atom is -0.461 e. The molecule has 0 fully saturated rings. The lowest BCUT2D eigenvalue weighted by molar-refractivity contribution is -0.145. The lowest BCUT2D eigenvalue weighted by atomic mass is 10.00. The molecule has 0 saturated carbocycles. The van der Waals surface area contributed by atoms with Crippen LogP contribution in [0.25, 0.3) is 0 Å². The lowest BCUT2D eigenvalue weighted by Crippen LogP contribution is -2.40. The molecule has 1 atom stereocenters. The van der Waals surface area contributed by atoms with E-state index in [4.69, 9.17) is 9.47 Å². The van der Waals surface area contributed by atoms with Crippen molar-refractivity contribution in [3.63, 3.8) is 0 Å². The zero-order valence-electron chi connectivity index (χ0n) is 16.0. The number of alkyl carbamates (subject to hydrolysis) is 1. The fourth-order valence-electron chi connectivity index (χ4n) is 2.39. The Labute approximate surface area is 151 Å². The van der Waals surface area contributed by atoms with Crippen LogP contribution in [0.4, 0.5) is 4.79 Å². The molecule has 0 aliphatic heterocycles. The number of benzene rings is 1. The summed E-state index contributed by atoms with van der Waals surface area (Å²) >= 11 is 0. The van der Waals surface area contributed by atoms with Crippen LogP contribution >= 0.6 is 0 Å². The van der Waals surface area contributed by atoms with Crippen LogP contribution in [0.1, 0.15) is 59.4 Å². The summed E-state index contributed by atoms with van der Waals surface area (Å²) in [7, 11) is 0. The molecule has 0 aliphatic rings. The molecule has 0 unspecified atom stereocenters. The van der Waals surface area contributed by atoms with E-state index in [1.54, 1.807) is 0 Å². The van der Waals surface area contributed by atoms with E-state index in [2.05, 4.69) is 19.2 Å². The van der Waals surface area contributed by atoms with Gasteiger partial charge in [0.05, 0.1) is 0 Å². The second kappa shape index (κ2) is 10.1. The van der Waals surface area contributed by atoms with Crippen LogP contribution in [-0.4, -0.2) is 23.7 Å². The van der Waals surface area contributed by atoms with E-state index < -0.39 is 11.7 Å². The first-order valence-corrected chi connectivity index (χ1v) is 8.85. The van der Waals surface area contributed by atoms with E-state index in [0.29, 0.717) is 12.3 Å². The maximum atomic E-state index is 12.0. The van der Waals surface area contributed by atoms with E-state index in [9.17, 15) is 9.59 Å². The maximum Gasteiger partial charge on any atom is 0.407 e. The van der Waals surface area contributed by atoms with E-state index >= 15 is 0 Å². The average molecular weight is 349 g/mol. The summed E-state index contributed by atoms with van der Waals surface area (Å²) < 4.78 is 10.6. The number of amides is 1. The van der Waals surface area contributed by atoms with Crippen LogP contribution in [-0.2, 0) is 20.9 Å². The minimum atomic E-state index is -0.541. The number of ether oxygens (including phenoxy) is 2. The minimum absolute atomic E-state index is 0.112. The second-order valence-corrected chi connectivity index (χ2v) is 7.66. The summed E-state index contributed by atoms with van der Waals surface area (Å²) in [5.74, 6) is 0.142. The zero-order chi connectivity index (χ0) is 18.9. The largest absolute Gasteiger partial charge is 0.461 e. The number of esters is 1. The number of rotatable bonds is 8. The van der Waals surface area contributed by atoms with Gasteiger partial charge in [0.15, 0.2) is 0 Å². The fourth-order valence-corrected chi connectivity index (χ4v) is 2.39. The third-order valence-electron chi connectivity index (χ3n) is 3.42. The molecule has 5 heteroatoms. The van der Waals surface area contributed by atoms with Gasteiger partial charge in [0.2, 0.25) is 0 Å². The number of nitrogens with one attached hydrogen (secondary N) is 1. The topological polar surface area (TPSA) is 64.6 Å². The normalized spacial score (nSPS) is 12.6. The summed E-state index contributed by atoms with van der Waals surface area (Å²) in [6.07, 6.45) is 1.13. The summed E-state index contributed by atoms with van der Waals surface area (Å²) in [5, 5.41) is 2.87. The highest BCUT2D eigenvalue weighted by molar-refractivity contribution is 5.70. The van der Waals surface area contributed by atoms with Gasteiger partial charge >= 0.3 is 12.1 Å². The summed E-state index contributed by atoms with van der Waals surface area (Å²) in [4.78, 5) is 23.9. The van der Waals surface area contributed by atoms with Crippen molar-refractivity contribution in [3.05, 3.63) is 35.9 Å². The molecule has 0 spiro atoms. The second-order valence-electron chi connectivity index (χ2n) is 7.66. The molecule has 0 aliphatic carbocycles. The van der Waals surface area contributed by atoms with E-state index in [0.717, 1.165) is 12.0 Å². The first kappa shape index (κ1) is 21.0. The molecule has 1 aromatic rings. The van der Waals surface area contributed by atoms with Gasteiger partial charge in [-0.15, -0.1) is 0 Å². The van der Waals surface area contributed by atoms with Gasteiger partial charge in [0.25, 0.3) is 0 Å². The van der Waals surface area contributed by atoms with Crippen LogP contribution in [0, 0.1) is 5.92 Å². The molecule has 0 heterocycles. The van der Waals surface area contributed by atoms with Gasteiger partial charge in [-0.25, -0.2) is 4.79 Å². The van der Waals surface area contributed by atoms with E-state index in [-0.39, 0.29) is 25.0 Å². The highest BCUT2D eigenvalue weighted by atomic mass is 16.6. The van der Waals surface area contributed by atoms with Gasteiger partial charge in [-0.05, 0) is 45.1 Å². The van der Waals surface area contributed by atoms with Gasteiger partial charge in [0.1, 0.15) is 12.2 Å². The van der Waals surface area contributed by atoms with Gasteiger partial charge < -0.3 is 14.8 Å². The van der Waals surface area contributed by atoms with E-state index in [1.165, 1.54) is 0 Å². The SMILES string of the molecule is CC(C)C[C@@H](CCC(=O)OCc1ccccc1)NC(=O)OC(C)(C)C. The molecule has 0 saturated heterocycles. The molecule has 140 valence electrons. The quantitative estimate of drug-likeness (QED) is 0.704. The van der Waals surface area contributed by atoms with Crippen LogP contribution in [0.3, 0.4) is 0 Å². The van der Waals surface area contributed by atoms with Crippen molar-refractivity contribution in [1.82, 2.24) is 5.32 Å². The first-order valence-electron chi connectivity index (χ1n) is 8.85. The summed E-state index contributed by atoms with van der Waals surface area (Å²) in [6, 6.07) is 9.46. The van der Waals surface area contributed by atoms with Crippen LogP contribution in [0.2, 0.25) is 0 Å². The Hall–Kier alpha value is -2.04. The van der Waals surface area contributed by atoms with Crippen LogP contribution in [0.5, 0.6) is 0 Å². The summed E-state index contributed by atoms with van der Waals surface area (Å²) in [5.41, 5.74) is 0.419. The molecule has 0 bridgehead atoms. The number of hydrogen-bond acceptors (Lipinski definition) is 4. The van der Waals surface area contributed by atoms with Crippen molar-refractivity contribution in [1.29, 1.82) is 0 Å². The van der Waals surface area contributed by atoms with Gasteiger partial charge in [-0.1, -0.05) is 44.2 Å². The molecule has 1 aromatic carbocycles. The highest BCUT2D eigenvalue weighted by Crippen LogP contribution is 2.13. The third kappa shape index (κ3) is 10.4. The Morgan fingerprint density at radius 3 is 2.32 bits per heavy atom. The number of carbonyl (C=O) groups is 2. The number of hydrogen-bond donors (Lipinski definition) is 1. The Balaban J connectivity index is 2.43. The molecule has 1 amide bonds. The smallest absolute Gasteiger partial charge is 0.407 e. The molecule has 0 radical (unpaired) electrons. The molecule has 0 aromatic heterocycles.